The normalized spacial score (nSPS) is 12.7. The molecule has 12 heteroatoms. The van der Waals surface area contributed by atoms with Gasteiger partial charge in [-0.1, -0.05) is 25.1 Å². The fourth-order valence-corrected chi connectivity index (χ4v) is 4.17. The molecule has 0 saturated heterocycles. The number of anilines is 1. The Kier molecular flexibility index (Phi) is 8.65. The minimum absolute atomic E-state index is 0.148. The molecule has 0 spiro atoms. The molecule has 0 fully saturated rings. The predicted octanol–water partition coefficient (Wildman–Crippen LogP) is 3.16. The van der Waals surface area contributed by atoms with Crippen LogP contribution >= 0.6 is 0 Å². The molecule has 2 rings (SSSR count). The van der Waals surface area contributed by atoms with Crippen LogP contribution in [0.25, 0.3) is 0 Å². The first-order chi connectivity index (χ1) is 15.8. The second-order valence-electron chi connectivity index (χ2n) is 7.50. The van der Waals surface area contributed by atoms with Gasteiger partial charge in [-0.3, -0.25) is 13.9 Å². The van der Waals surface area contributed by atoms with Gasteiger partial charge in [0.15, 0.2) is 0 Å². The van der Waals surface area contributed by atoms with Crippen LogP contribution in [0.5, 0.6) is 0 Å². The van der Waals surface area contributed by atoms with Gasteiger partial charge in [-0.05, 0) is 42.3 Å². The second-order valence-corrected chi connectivity index (χ2v) is 9.41. The number of likely N-dealkylation sites (N-methyl/N-ethyl adjacent to an activating group) is 1. The smallest absolute Gasteiger partial charge is 0.357 e. The number of nitrogens with zero attached hydrogens (tertiary/aromatic N) is 2. The van der Waals surface area contributed by atoms with Gasteiger partial charge in [0.05, 0.1) is 17.5 Å². The van der Waals surface area contributed by atoms with Crippen LogP contribution in [0, 0.1) is 5.82 Å². The standard InChI is InChI=1S/C22H25F4N3O4S/c1-4-19(21(31)27-2)28(13-15-8-10-17(23)11-9-15)20(30)14-29(34(3,32)33)18-7-5-6-16(12-18)22(24,25)26/h5-12,19H,4,13-14H2,1-3H3,(H,27,31). The van der Waals surface area contributed by atoms with Crippen molar-refractivity contribution in [1.29, 1.82) is 0 Å². The Hall–Kier alpha value is -3.15. The molecule has 1 atom stereocenters. The van der Waals surface area contributed by atoms with Gasteiger partial charge in [-0.2, -0.15) is 13.2 Å². The van der Waals surface area contributed by atoms with Crippen molar-refractivity contribution in [2.75, 3.05) is 24.2 Å². The molecule has 0 aliphatic carbocycles. The molecule has 186 valence electrons. The minimum Gasteiger partial charge on any atom is -0.357 e. The molecule has 1 N–H and O–H groups in total. The third-order valence-corrected chi connectivity index (χ3v) is 6.18. The van der Waals surface area contributed by atoms with Crippen LogP contribution in [0.3, 0.4) is 0 Å². The van der Waals surface area contributed by atoms with Crippen LogP contribution in [0.1, 0.15) is 24.5 Å². The summed E-state index contributed by atoms with van der Waals surface area (Å²) in [7, 11) is -2.81. The number of rotatable bonds is 9. The van der Waals surface area contributed by atoms with E-state index >= 15 is 0 Å². The van der Waals surface area contributed by atoms with Crippen molar-refractivity contribution in [3.63, 3.8) is 0 Å². The highest BCUT2D eigenvalue weighted by atomic mass is 32.2. The summed E-state index contributed by atoms with van der Waals surface area (Å²) in [6, 6.07) is 7.76. The van der Waals surface area contributed by atoms with Crippen molar-refractivity contribution < 1.29 is 35.6 Å². The zero-order chi connectivity index (χ0) is 25.7. The Balaban J connectivity index is 2.46. The quantitative estimate of drug-likeness (QED) is 0.533. The van der Waals surface area contributed by atoms with E-state index in [-0.39, 0.29) is 18.7 Å². The van der Waals surface area contributed by atoms with Gasteiger partial charge in [-0.25, -0.2) is 12.8 Å². The Bertz CT molecular complexity index is 1120. The monoisotopic (exact) mass is 503 g/mol. The number of carbonyl (C=O) groups excluding carboxylic acids is 2. The second kappa shape index (κ2) is 10.9. The van der Waals surface area contributed by atoms with Crippen molar-refractivity contribution in [3.8, 4) is 0 Å². The van der Waals surface area contributed by atoms with Gasteiger partial charge < -0.3 is 10.2 Å². The van der Waals surface area contributed by atoms with Crippen molar-refractivity contribution in [2.45, 2.75) is 32.1 Å². The summed E-state index contributed by atoms with van der Waals surface area (Å²) in [5, 5.41) is 2.44. The van der Waals surface area contributed by atoms with E-state index in [0.717, 1.165) is 29.4 Å². The van der Waals surface area contributed by atoms with E-state index < -0.39 is 52.0 Å². The number of hydrogen-bond acceptors (Lipinski definition) is 4. The number of carbonyl (C=O) groups is 2. The first-order valence-electron chi connectivity index (χ1n) is 10.2. The largest absolute Gasteiger partial charge is 0.416 e. The topological polar surface area (TPSA) is 86.8 Å². The van der Waals surface area contributed by atoms with Gasteiger partial charge >= 0.3 is 6.18 Å². The average Bonchev–Trinajstić information content (AvgIpc) is 2.77. The molecule has 0 saturated carbocycles. The molecule has 2 amide bonds. The van der Waals surface area contributed by atoms with E-state index in [1.165, 1.54) is 31.3 Å². The lowest BCUT2D eigenvalue weighted by molar-refractivity contribution is -0.140. The van der Waals surface area contributed by atoms with Gasteiger partial charge in [0.25, 0.3) is 0 Å². The van der Waals surface area contributed by atoms with Gasteiger partial charge in [0.2, 0.25) is 21.8 Å². The SMILES string of the molecule is CCC(C(=O)NC)N(Cc1ccc(F)cc1)C(=O)CN(c1cccc(C(F)(F)F)c1)S(C)(=O)=O. The lowest BCUT2D eigenvalue weighted by Gasteiger charge is -2.32. The van der Waals surface area contributed by atoms with E-state index in [1.807, 2.05) is 0 Å². The fourth-order valence-electron chi connectivity index (χ4n) is 3.32. The molecule has 7 nitrogen and oxygen atoms in total. The molecular weight excluding hydrogens is 478 g/mol. The first kappa shape index (κ1) is 27.1. The number of alkyl halides is 3. The molecule has 2 aromatic rings. The molecule has 0 aliphatic heterocycles. The van der Waals surface area contributed by atoms with Crippen LogP contribution in [-0.2, 0) is 32.3 Å². The molecule has 0 heterocycles. The maximum atomic E-state index is 13.3. The number of benzene rings is 2. The Morgan fingerprint density at radius 2 is 1.71 bits per heavy atom. The summed E-state index contributed by atoms with van der Waals surface area (Å²) < 4.78 is 78.2. The zero-order valence-corrected chi connectivity index (χ0v) is 19.6. The highest BCUT2D eigenvalue weighted by Crippen LogP contribution is 2.32. The van der Waals surface area contributed by atoms with Gasteiger partial charge in [0, 0.05) is 13.6 Å². The first-order valence-corrected chi connectivity index (χ1v) is 12.0. The summed E-state index contributed by atoms with van der Waals surface area (Å²) in [5.74, 6) is -1.83. The van der Waals surface area contributed by atoms with Gasteiger partial charge in [0.1, 0.15) is 18.4 Å². The predicted molar refractivity (Wildman–Crippen MR) is 119 cm³/mol. The molecule has 1 unspecified atom stereocenters. The van der Waals surface area contributed by atoms with Crippen molar-refractivity contribution in [3.05, 3.63) is 65.5 Å². The maximum absolute atomic E-state index is 13.3. The van der Waals surface area contributed by atoms with Crippen molar-refractivity contribution >= 4 is 27.5 Å². The Labute approximate surface area is 195 Å². The minimum atomic E-state index is -4.72. The van der Waals surface area contributed by atoms with Crippen molar-refractivity contribution in [1.82, 2.24) is 10.2 Å². The summed E-state index contributed by atoms with van der Waals surface area (Å²) in [6.07, 6.45) is -3.78. The van der Waals surface area contributed by atoms with E-state index in [2.05, 4.69) is 5.32 Å². The molecule has 34 heavy (non-hydrogen) atoms. The highest BCUT2D eigenvalue weighted by Gasteiger charge is 2.34. The maximum Gasteiger partial charge on any atom is 0.416 e. The average molecular weight is 504 g/mol. The molecule has 0 radical (unpaired) electrons. The van der Waals surface area contributed by atoms with Crippen LogP contribution in [-0.4, -0.2) is 51.0 Å². The van der Waals surface area contributed by atoms with Crippen molar-refractivity contribution in [2.24, 2.45) is 0 Å². The van der Waals surface area contributed by atoms with Crippen LogP contribution in [0.15, 0.2) is 48.5 Å². The van der Waals surface area contributed by atoms with E-state index in [0.29, 0.717) is 15.9 Å². The fraction of sp³-hybridized carbons (Fsp3) is 0.364. The number of amides is 2. The lowest BCUT2D eigenvalue weighted by atomic mass is 10.1. The molecule has 0 bridgehead atoms. The Morgan fingerprint density at radius 1 is 1.09 bits per heavy atom. The summed E-state index contributed by atoms with van der Waals surface area (Å²) in [6.45, 7) is 0.659. The van der Waals surface area contributed by atoms with Crippen LogP contribution < -0.4 is 9.62 Å². The number of halogens is 4. The molecule has 2 aromatic carbocycles. The number of hydrogen-bond donors (Lipinski definition) is 1. The molecule has 0 aliphatic rings. The molecular formula is C22H25F4N3O4S. The van der Waals surface area contributed by atoms with E-state index in [9.17, 15) is 35.6 Å². The summed E-state index contributed by atoms with van der Waals surface area (Å²) in [4.78, 5) is 26.8. The number of nitrogens with one attached hydrogen (secondary N) is 1. The zero-order valence-electron chi connectivity index (χ0n) is 18.8. The third-order valence-electron chi connectivity index (χ3n) is 5.04. The van der Waals surface area contributed by atoms with E-state index in [4.69, 9.17) is 0 Å². The number of sulfonamides is 1. The lowest BCUT2D eigenvalue weighted by Crippen LogP contribution is -2.51. The summed E-state index contributed by atoms with van der Waals surface area (Å²) >= 11 is 0. The van der Waals surface area contributed by atoms with Crippen LogP contribution in [0.2, 0.25) is 0 Å². The van der Waals surface area contributed by atoms with Gasteiger partial charge in [-0.15, -0.1) is 0 Å². The Morgan fingerprint density at radius 3 is 2.21 bits per heavy atom. The summed E-state index contributed by atoms with van der Waals surface area (Å²) in [5.41, 5.74) is -0.950. The van der Waals surface area contributed by atoms with E-state index in [1.54, 1.807) is 6.92 Å². The third kappa shape index (κ3) is 6.92. The highest BCUT2D eigenvalue weighted by molar-refractivity contribution is 7.92. The van der Waals surface area contributed by atoms with Crippen LogP contribution in [0.4, 0.5) is 23.2 Å². The molecule has 0 aromatic heterocycles.